The number of nitrogens with zero attached hydrogens (tertiary/aromatic N) is 3. The summed E-state index contributed by atoms with van der Waals surface area (Å²) in [5.74, 6) is 1.46. The second-order valence-electron chi connectivity index (χ2n) is 4.98. The summed E-state index contributed by atoms with van der Waals surface area (Å²) in [5, 5.41) is 4.03. The molecule has 110 valence electrons. The first kappa shape index (κ1) is 13.5. The van der Waals surface area contributed by atoms with Crippen LogP contribution in [0.5, 0.6) is 11.5 Å². The number of hydrogen-bond donors (Lipinski definition) is 0. The van der Waals surface area contributed by atoms with E-state index < -0.39 is 0 Å². The van der Waals surface area contributed by atoms with Crippen LogP contribution < -0.4 is 9.47 Å². The topological polar surface area (TPSA) is 56.6 Å². The Bertz CT molecular complexity index is 612. The fourth-order valence-corrected chi connectivity index (χ4v) is 2.21. The van der Waals surface area contributed by atoms with Gasteiger partial charge in [-0.3, -0.25) is 9.48 Å². The molecule has 1 aromatic carbocycles. The largest absolute Gasteiger partial charge is 0.486 e. The molecular weight excluding hydrogens is 270 g/mol. The number of ether oxygens (including phenoxy) is 2. The van der Waals surface area contributed by atoms with Crippen molar-refractivity contribution < 1.29 is 14.3 Å². The Labute approximate surface area is 122 Å². The van der Waals surface area contributed by atoms with E-state index >= 15 is 0 Å². The number of para-hydroxylation sites is 2. The van der Waals surface area contributed by atoms with Gasteiger partial charge in [-0.1, -0.05) is 12.1 Å². The highest BCUT2D eigenvalue weighted by Crippen LogP contribution is 2.30. The van der Waals surface area contributed by atoms with E-state index in [2.05, 4.69) is 5.10 Å². The molecule has 1 amide bonds. The van der Waals surface area contributed by atoms with Crippen molar-refractivity contribution in [3.63, 3.8) is 0 Å². The number of carbonyl (C=O) groups excluding carboxylic acids is 1. The van der Waals surface area contributed by atoms with Gasteiger partial charge in [0.1, 0.15) is 13.2 Å². The van der Waals surface area contributed by atoms with Crippen LogP contribution in [0.15, 0.2) is 42.7 Å². The molecule has 1 atom stereocenters. The molecule has 0 saturated heterocycles. The van der Waals surface area contributed by atoms with Crippen LogP contribution in [0.2, 0.25) is 0 Å². The van der Waals surface area contributed by atoms with Crippen LogP contribution in [0.1, 0.15) is 0 Å². The van der Waals surface area contributed by atoms with Crippen molar-refractivity contribution in [1.29, 1.82) is 0 Å². The molecule has 0 N–H and O–H groups in total. The quantitative estimate of drug-likeness (QED) is 0.847. The molecule has 0 unspecified atom stereocenters. The van der Waals surface area contributed by atoms with Gasteiger partial charge in [-0.05, 0) is 18.2 Å². The van der Waals surface area contributed by atoms with Gasteiger partial charge >= 0.3 is 0 Å². The number of benzene rings is 1. The molecule has 0 bridgehead atoms. The smallest absolute Gasteiger partial charge is 0.244 e. The Morgan fingerprint density at radius 3 is 2.95 bits per heavy atom. The molecule has 2 aromatic rings. The van der Waals surface area contributed by atoms with Gasteiger partial charge < -0.3 is 14.4 Å². The summed E-state index contributed by atoms with van der Waals surface area (Å²) in [5.41, 5.74) is 0. The van der Waals surface area contributed by atoms with E-state index in [0.717, 1.165) is 11.5 Å². The Kier molecular flexibility index (Phi) is 3.77. The number of aromatic nitrogens is 2. The first-order valence-electron chi connectivity index (χ1n) is 6.82. The number of likely N-dealkylation sites (N-methyl/N-ethyl adjacent to an activating group) is 1. The Hall–Kier alpha value is -2.50. The summed E-state index contributed by atoms with van der Waals surface area (Å²) >= 11 is 0. The van der Waals surface area contributed by atoms with E-state index in [0.29, 0.717) is 13.2 Å². The molecule has 1 aromatic heterocycles. The molecule has 2 heterocycles. The third kappa shape index (κ3) is 3.16. The van der Waals surface area contributed by atoms with E-state index in [1.807, 2.05) is 24.3 Å². The number of amides is 1. The lowest BCUT2D eigenvalue weighted by atomic mass is 10.2. The van der Waals surface area contributed by atoms with Crippen LogP contribution >= 0.6 is 0 Å². The van der Waals surface area contributed by atoms with Crippen molar-refractivity contribution in [3.8, 4) is 11.5 Å². The standard InChI is InChI=1S/C15H17N3O3/c1-17(15(19)10-18-8-4-7-16-18)9-12-11-20-13-5-2-3-6-14(13)21-12/h2-8,12H,9-11H2,1H3/t12-/m1/s1. The molecule has 0 fully saturated rings. The number of hydrogen-bond acceptors (Lipinski definition) is 4. The van der Waals surface area contributed by atoms with Crippen LogP contribution in [-0.4, -0.2) is 46.9 Å². The zero-order chi connectivity index (χ0) is 14.7. The van der Waals surface area contributed by atoms with E-state index in [1.54, 1.807) is 35.1 Å². The average molecular weight is 287 g/mol. The van der Waals surface area contributed by atoms with Crippen molar-refractivity contribution in [1.82, 2.24) is 14.7 Å². The van der Waals surface area contributed by atoms with Crippen molar-refractivity contribution in [2.24, 2.45) is 0 Å². The van der Waals surface area contributed by atoms with Crippen molar-refractivity contribution in [3.05, 3.63) is 42.7 Å². The fraction of sp³-hybridized carbons (Fsp3) is 0.333. The zero-order valence-corrected chi connectivity index (χ0v) is 11.8. The van der Waals surface area contributed by atoms with E-state index in [-0.39, 0.29) is 18.6 Å². The van der Waals surface area contributed by atoms with Gasteiger partial charge in [-0.15, -0.1) is 0 Å². The third-order valence-corrected chi connectivity index (χ3v) is 3.33. The lowest BCUT2D eigenvalue weighted by molar-refractivity contribution is -0.132. The molecule has 21 heavy (non-hydrogen) atoms. The Balaban J connectivity index is 1.56. The normalized spacial score (nSPS) is 16.5. The monoisotopic (exact) mass is 287 g/mol. The van der Waals surface area contributed by atoms with E-state index in [4.69, 9.17) is 9.47 Å². The molecule has 6 heteroatoms. The van der Waals surface area contributed by atoms with Crippen molar-refractivity contribution >= 4 is 5.91 Å². The molecule has 0 aliphatic carbocycles. The van der Waals surface area contributed by atoms with Gasteiger partial charge in [0.15, 0.2) is 17.6 Å². The number of carbonyl (C=O) groups is 1. The summed E-state index contributed by atoms with van der Waals surface area (Å²) in [6.45, 7) is 1.15. The Morgan fingerprint density at radius 1 is 1.38 bits per heavy atom. The summed E-state index contributed by atoms with van der Waals surface area (Å²) in [4.78, 5) is 13.7. The summed E-state index contributed by atoms with van der Waals surface area (Å²) < 4.78 is 13.1. The van der Waals surface area contributed by atoms with Gasteiger partial charge in [0.2, 0.25) is 5.91 Å². The molecule has 0 spiro atoms. The van der Waals surface area contributed by atoms with E-state index in [9.17, 15) is 4.79 Å². The molecule has 1 aliphatic rings. The highest BCUT2D eigenvalue weighted by molar-refractivity contribution is 5.75. The van der Waals surface area contributed by atoms with Crippen LogP contribution in [0.4, 0.5) is 0 Å². The molecule has 3 rings (SSSR count). The molecule has 0 radical (unpaired) electrons. The van der Waals surface area contributed by atoms with Gasteiger partial charge in [0.05, 0.1) is 6.54 Å². The van der Waals surface area contributed by atoms with Crippen LogP contribution in [0, 0.1) is 0 Å². The SMILES string of the molecule is CN(C[C@@H]1COc2ccccc2O1)C(=O)Cn1cccn1. The second kappa shape index (κ2) is 5.87. The van der Waals surface area contributed by atoms with Crippen LogP contribution in [0.25, 0.3) is 0 Å². The Morgan fingerprint density at radius 2 is 2.19 bits per heavy atom. The summed E-state index contributed by atoms with van der Waals surface area (Å²) in [7, 11) is 1.76. The van der Waals surface area contributed by atoms with E-state index in [1.165, 1.54) is 0 Å². The molecule has 6 nitrogen and oxygen atoms in total. The van der Waals surface area contributed by atoms with Gasteiger partial charge in [-0.25, -0.2) is 0 Å². The van der Waals surface area contributed by atoms with Gasteiger partial charge in [0, 0.05) is 19.4 Å². The van der Waals surface area contributed by atoms with Gasteiger partial charge in [-0.2, -0.15) is 5.10 Å². The lowest BCUT2D eigenvalue weighted by Gasteiger charge is -2.29. The average Bonchev–Trinajstić information content (AvgIpc) is 3.00. The second-order valence-corrected chi connectivity index (χ2v) is 4.98. The number of fused-ring (bicyclic) bond motifs is 1. The highest BCUT2D eigenvalue weighted by atomic mass is 16.6. The highest BCUT2D eigenvalue weighted by Gasteiger charge is 2.23. The third-order valence-electron chi connectivity index (χ3n) is 3.33. The first-order valence-corrected chi connectivity index (χ1v) is 6.82. The minimum Gasteiger partial charge on any atom is -0.486 e. The van der Waals surface area contributed by atoms with Crippen LogP contribution in [-0.2, 0) is 11.3 Å². The van der Waals surface area contributed by atoms with Crippen LogP contribution in [0.3, 0.4) is 0 Å². The fourth-order valence-electron chi connectivity index (χ4n) is 2.21. The first-order chi connectivity index (χ1) is 10.2. The maximum absolute atomic E-state index is 12.1. The molecule has 0 saturated carbocycles. The summed E-state index contributed by atoms with van der Waals surface area (Å²) in [6.07, 6.45) is 3.26. The lowest BCUT2D eigenvalue weighted by Crippen LogP contribution is -2.42. The van der Waals surface area contributed by atoms with Crippen molar-refractivity contribution in [2.45, 2.75) is 12.6 Å². The predicted octanol–water partition coefficient (Wildman–Crippen LogP) is 1.18. The molecule has 1 aliphatic heterocycles. The zero-order valence-electron chi connectivity index (χ0n) is 11.8. The maximum atomic E-state index is 12.1. The number of rotatable bonds is 4. The summed E-state index contributed by atoms with van der Waals surface area (Å²) in [6, 6.07) is 9.34. The molecular formula is C15H17N3O3. The maximum Gasteiger partial charge on any atom is 0.244 e. The minimum absolute atomic E-state index is 0.0128. The minimum atomic E-state index is -0.161. The van der Waals surface area contributed by atoms with Crippen molar-refractivity contribution in [2.75, 3.05) is 20.2 Å². The predicted molar refractivity (Wildman–Crippen MR) is 76.2 cm³/mol. The van der Waals surface area contributed by atoms with Gasteiger partial charge in [0.25, 0.3) is 0 Å².